The topological polar surface area (TPSA) is 91.6 Å². The summed E-state index contributed by atoms with van der Waals surface area (Å²) in [6.07, 6.45) is 6.48. The number of alkyl halides is 1. The molecule has 2 aliphatic rings. The first-order chi connectivity index (χ1) is 16.7. The first-order valence-corrected chi connectivity index (χ1v) is 12.3. The molecular weight excluding hydrogens is 504 g/mol. The fourth-order valence-electron chi connectivity index (χ4n) is 4.29. The third-order valence-corrected chi connectivity index (χ3v) is 8.12. The van der Waals surface area contributed by atoms with Crippen LogP contribution in [0.3, 0.4) is 0 Å². The van der Waals surface area contributed by atoms with Crippen LogP contribution in [0.1, 0.15) is 43.6 Å². The van der Waals surface area contributed by atoms with E-state index in [1.165, 1.54) is 24.9 Å². The number of aromatic nitrogens is 2. The summed E-state index contributed by atoms with van der Waals surface area (Å²) in [6, 6.07) is 7.24. The van der Waals surface area contributed by atoms with Gasteiger partial charge >= 0.3 is 12.8 Å². The van der Waals surface area contributed by atoms with Gasteiger partial charge in [-0.2, -0.15) is 0 Å². The molecule has 1 aliphatic heterocycles. The monoisotopic (exact) mass is 531 g/mol. The van der Waals surface area contributed by atoms with E-state index in [4.69, 9.17) is 32.5 Å². The van der Waals surface area contributed by atoms with Crippen LogP contribution in [-0.2, 0) is 23.4 Å². The fraction of sp³-hybridized carbons (Fsp3) is 0.400. The van der Waals surface area contributed by atoms with Crippen molar-refractivity contribution in [2.45, 2.75) is 49.7 Å². The van der Waals surface area contributed by atoms with Crippen molar-refractivity contribution in [1.82, 2.24) is 14.5 Å². The molecule has 1 fully saturated rings. The van der Waals surface area contributed by atoms with Crippen LogP contribution in [0.2, 0.25) is 5.02 Å². The Bertz CT molecular complexity index is 1400. The predicted molar refractivity (Wildman–Crippen MR) is 141 cm³/mol. The molecule has 1 saturated heterocycles. The number of benzene rings is 1. The molecule has 1 aliphatic carbocycles. The van der Waals surface area contributed by atoms with Crippen LogP contribution in [0.5, 0.6) is 0 Å². The van der Waals surface area contributed by atoms with Crippen LogP contribution >= 0.6 is 23.2 Å². The lowest BCUT2D eigenvalue weighted by atomic mass is 9.58. The Balaban J connectivity index is 1.84. The van der Waals surface area contributed by atoms with Gasteiger partial charge in [-0.1, -0.05) is 48.0 Å². The Morgan fingerprint density at radius 1 is 1.08 bits per heavy atom. The molecule has 190 valence electrons. The molecule has 1 aromatic heterocycles. The molecule has 4 rings (SSSR count). The van der Waals surface area contributed by atoms with E-state index in [2.05, 4.69) is 5.32 Å². The highest BCUT2D eigenvalue weighted by molar-refractivity contribution is 6.55. The normalized spacial score (nSPS) is 24.5. The van der Waals surface area contributed by atoms with E-state index in [1.54, 1.807) is 18.2 Å². The Morgan fingerprint density at radius 3 is 2.31 bits per heavy atom. The standard InChI is InChI=1S/C25H28BCl2N3O5/c1-23(2)24(3,4)36-26(35-23)25(29-20(32)17-14-30(5)22(34)31(6)21(17)33)13-9-11-16(19(25)28)15-10-7-8-12-18(15)27/h7-14,19H,1-6H3,(H,29,32). The molecule has 1 aromatic carbocycles. The van der Waals surface area contributed by atoms with Crippen LogP contribution in [0.25, 0.3) is 5.57 Å². The van der Waals surface area contributed by atoms with E-state index in [-0.39, 0.29) is 5.56 Å². The largest absolute Gasteiger partial charge is 0.491 e. The minimum Gasteiger partial charge on any atom is -0.401 e. The van der Waals surface area contributed by atoms with Gasteiger partial charge in [-0.05, 0) is 44.9 Å². The van der Waals surface area contributed by atoms with Gasteiger partial charge in [0.2, 0.25) is 0 Å². The van der Waals surface area contributed by atoms with Crippen molar-refractivity contribution >= 4 is 41.8 Å². The summed E-state index contributed by atoms with van der Waals surface area (Å²) in [5.41, 5.74) is -3.03. The highest BCUT2D eigenvalue weighted by Crippen LogP contribution is 2.45. The van der Waals surface area contributed by atoms with E-state index in [0.29, 0.717) is 16.2 Å². The SMILES string of the molecule is Cn1cc(C(=O)NC2(B3OC(C)(C)C(C)(C)O3)C=CC=C(c3ccccc3Cl)C2Cl)c(=O)n(C)c1=O. The average molecular weight is 532 g/mol. The molecule has 0 spiro atoms. The van der Waals surface area contributed by atoms with Crippen molar-refractivity contribution in [1.29, 1.82) is 0 Å². The first-order valence-electron chi connectivity index (χ1n) is 11.4. The maximum Gasteiger partial charge on any atom is 0.491 e. The van der Waals surface area contributed by atoms with E-state index < -0.39 is 46.3 Å². The van der Waals surface area contributed by atoms with Gasteiger partial charge in [0, 0.05) is 25.3 Å². The van der Waals surface area contributed by atoms with E-state index in [0.717, 1.165) is 4.57 Å². The maximum atomic E-state index is 13.6. The molecule has 0 radical (unpaired) electrons. The summed E-state index contributed by atoms with van der Waals surface area (Å²) < 4.78 is 14.8. The number of hydrogen-bond acceptors (Lipinski definition) is 5. The number of hydrogen-bond donors (Lipinski definition) is 1. The van der Waals surface area contributed by atoms with Gasteiger partial charge in [0.15, 0.2) is 0 Å². The number of carbonyl (C=O) groups excluding carboxylic acids is 1. The van der Waals surface area contributed by atoms with Crippen LogP contribution in [0.4, 0.5) is 0 Å². The fourth-order valence-corrected chi connectivity index (χ4v) is 4.95. The highest BCUT2D eigenvalue weighted by atomic mass is 35.5. The van der Waals surface area contributed by atoms with Crippen molar-refractivity contribution in [3.63, 3.8) is 0 Å². The maximum absolute atomic E-state index is 13.6. The summed E-state index contributed by atoms with van der Waals surface area (Å²) in [7, 11) is 1.77. The quantitative estimate of drug-likeness (QED) is 0.483. The molecular formula is C25H28BCl2N3O5. The van der Waals surface area contributed by atoms with Gasteiger partial charge in [0.1, 0.15) is 11.0 Å². The summed E-state index contributed by atoms with van der Waals surface area (Å²) >= 11 is 13.6. The Hall–Kier alpha value is -2.59. The van der Waals surface area contributed by atoms with Gasteiger partial charge in [0.05, 0.1) is 16.6 Å². The second kappa shape index (κ2) is 9.06. The number of amides is 1. The van der Waals surface area contributed by atoms with Crippen LogP contribution < -0.4 is 16.6 Å². The summed E-state index contributed by atoms with van der Waals surface area (Å²) in [4.78, 5) is 38.6. The van der Waals surface area contributed by atoms with Crippen molar-refractivity contribution < 1.29 is 14.1 Å². The Kier molecular flexibility index (Phi) is 6.66. The highest BCUT2D eigenvalue weighted by Gasteiger charge is 2.63. The number of rotatable bonds is 4. The molecule has 11 heteroatoms. The predicted octanol–water partition coefficient (Wildman–Crippen LogP) is 3.10. The van der Waals surface area contributed by atoms with Gasteiger partial charge in [-0.3, -0.25) is 14.2 Å². The summed E-state index contributed by atoms with van der Waals surface area (Å²) in [6.45, 7) is 7.58. The number of nitrogens with zero attached hydrogens (tertiary/aromatic N) is 2. The summed E-state index contributed by atoms with van der Waals surface area (Å²) in [5, 5.41) is 2.53. The van der Waals surface area contributed by atoms with Crippen LogP contribution in [0, 0.1) is 0 Å². The average Bonchev–Trinajstić information content (AvgIpc) is 3.04. The van der Waals surface area contributed by atoms with Crippen molar-refractivity contribution in [3.05, 3.63) is 85.7 Å². The number of halogens is 2. The molecule has 1 amide bonds. The number of nitrogens with one attached hydrogen (secondary N) is 1. The van der Waals surface area contributed by atoms with Gasteiger partial charge in [-0.15, -0.1) is 11.6 Å². The number of aryl methyl sites for hydroxylation is 1. The lowest BCUT2D eigenvalue weighted by molar-refractivity contribution is 0.00578. The zero-order valence-electron chi connectivity index (χ0n) is 21.0. The van der Waals surface area contributed by atoms with Crippen molar-refractivity contribution in [3.8, 4) is 0 Å². The zero-order valence-corrected chi connectivity index (χ0v) is 22.5. The van der Waals surface area contributed by atoms with Gasteiger partial charge < -0.3 is 19.2 Å². The third-order valence-electron chi connectivity index (χ3n) is 7.19. The third kappa shape index (κ3) is 4.18. The molecule has 2 atom stereocenters. The molecule has 1 N–H and O–H groups in total. The van der Waals surface area contributed by atoms with Gasteiger partial charge in [-0.25, -0.2) is 4.79 Å². The smallest absolute Gasteiger partial charge is 0.401 e. The Labute approximate surface area is 219 Å². The summed E-state index contributed by atoms with van der Waals surface area (Å²) in [5.74, 6) is -0.725. The zero-order chi connectivity index (χ0) is 26.6. The second-order valence-corrected chi connectivity index (χ2v) is 10.9. The van der Waals surface area contributed by atoms with Crippen LogP contribution in [0.15, 0.2) is 58.3 Å². The first kappa shape index (κ1) is 26.5. The van der Waals surface area contributed by atoms with E-state index in [1.807, 2.05) is 52.0 Å². The number of carbonyl (C=O) groups is 1. The van der Waals surface area contributed by atoms with Gasteiger partial charge in [0.25, 0.3) is 11.5 Å². The lowest BCUT2D eigenvalue weighted by Crippen LogP contribution is -2.66. The molecule has 0 bridgehead atoms. The molecule has 8 nitrogen and oxygen atoms in total. The number of allylic oxidation sites excluding steroid dienone is 2. The van der Waals surface area contributed by atoms with Crippen LogP contribution in [-0.4, -0.2) is 44.2 Å². The molecule has 2 heterocycles. The van der Waals surface area contributed by atoms with Crippen molar-refractivity contribution in [2.75, 3.05) is 0 Å². The molecule has 0 saturated carbocycles. The van der Waals surface area contributed by atoms with E-state index >= 15 is 0 Å². The molecule has 36 heavy (non-hydrogen) atoms. The van der Waals surface area contributed by atoms with E-state index in [9.17, 15) is 14.4 Å². The molecule has 2 unspecified atom stereocenters. The second-order valence-electron chi connectivity index (χ2n) is 10.1. The Morgan fingerprint density at radius 2 is 1.69 bits per heavy atom. The minimum atomic E-state index is -1.42. The molecule has 2 aromatic rings. The lowest BCUT2D eigenvalue weighted by Gasteiger charge is -2.40. The van der Waals surface area contributed by atoms with Crippen molar-refractivity contribution in [2.24, 2.45) is 14.1 Å². The minimum absolute atomic E-state index is 0.221.